The normalized spacial score (nSPS) is 12.9. The molecule has 1 atom stereocenters. The summed E-state index contributed by atoms with van der Waals surface area (Å²) < 4.78 is 2.88. The van der Waals surface area contributed by atoms with Crippen molar-refractivity contribution in [3.05, 3.63) is 46.5 Å². The topological polar surface area (TPSA) is 50.9 Å². The number of hydrogen-bond donors (Lipinski definition) is 1. The molecule has 0 aliphatic heterocycles. The third-order valence-electron chi connectivity index (χ3n) is 2.91. The monoisotopic (exact) mass is 323 g/mol. The predicted octanol–water partition coefficient (Wildman–Crippen LogP) is 2.77. The van der Waals surface area contributed by atoms with Gasteiger partial charge in [-0.2, -0.15) is 5.10 Å². The van der Waals surface area contributed by atoms with E-state index in [1.807, 2.05) is 28.9 Å². The summed E-state index contributed by atoms with van der Waals surface area (Å²) in [6, 6.07) is 8.25. The summed E-state index contributed by atoms with van der Waals surface area (Å²) in [5.74, 6) is 0.831. The van der Waals surface area contributed by atoms with Gasteiger partial charge in [0, 0.05) is 16.9 Å². The van der Waals surface area contributed by atoms with Gasteiger partial charge in [0.25, 0.3) is 0 Å². The highest BCUT2D eigenvalue weighted by Gasteiger charge is 2.13. The van der Waals surface area contributed by atoms with Gasteiger partial charge < -0.3 is 5.11 Å². The molecule has 2 aromatic rings. The number of rotatable bonds is 5. The molecule has 1 unspecified atom stereocenters. The predicted molar refractivity (Wildman–Crippen MR) is 78.0 cm³/mol. The molecule has 19 heavy (non-hydrogen) atoms. The number of aliphatic hydroxyl groups excluding tert-OH is 1. The van der Waals surface area contributed by atoms with Crippen LogP contribution in [0, 0.1) is 0 Å². The average molecular weight is 324 g/mol. The van der Waals surface area contributed by atoms with Crippen molar-refractivity contribution in [2.45, 2.75) is 38.8 Å². The fourth-order valence-corrected chi connectivity index (χ4v) is 2.52. The Morgan fingerprint density at radius 1 is 1.32 bits per heavy atom. The van der Waals surface area contributed by atoms with E-state index in [2.05, 4.69) is 39.9 Å². The lowest BCUT2D eigenvalue weighted by Gasteiger charge is -2.13. The zero-order chi connectivity index (χ0) is 13.8. The molecule has 0 saturated carbocycles. The van der Waals surface area contributed by atoms with Crippen molar-refractivity contribution in [1.29, 1.82) is 0 Å². The van der Waals surface area contributed by atoms with Crippen LogP contribution in [0.3, 0.4) is 0 Å². The van der Waals surface area contributed by atoms with Gasteiger partial charge in [0.1, 0.15) is 12.2 Å². The molecule has 5 heteroatoms. The van der Waals surface area contributed by atoms with Crippen LogP contribution in [0.5, 0.6) is 0 Å². The molecule has 1 N–H and O–H groups in total. The van der Waals surface area contributed by atoms with Crippen molar-refractivity contribution in [1.82, 2.24) is 14.8 Å². The van der Waals surface area contributed by atoms with Crippen LogP contribution in [0.15, 0.2) is 35.1 Å². The van der Waals surface area contributed by atoms with E-state index in [0.29, 0.717) is 12.8 Å². The van der Waals surface area contributed by atoms with Crippen LogP contribution in [0.25, 0.3) is 0 Å². The maximum absolute atomic E-state index is 10.2. The first-order chi connectivity index (χ1) is 9.06. The minimum Gasteiger partial charge on any atom is -0.392 e. The molecule has 0 saturated heterocycles. The van der Waals surface area contributed by atoms with E-state index in [0.717, 1.165) is 15.9 Å². The lowest BCUT2D eigenvalue weighted by atomic mass is 10.1. The minimum absolute atomic E-state index is 0.260. The lowest BCUT2D eigenvalue weighted by Crippen LogP contribution is -2.18. The summed E-state index contributed by atoms with van der Waals surface area (Å²) in [6.45, 7) is 4.11. The van der Waals surface area contributed by atoms with Gasteiger partial charge in [-0.25, -0.2) is 9.67 Å². The lowest BCUT2D eigenvalue weighted by molar-refractivity contribution is 0.170. The molecule has 0 aliphatic rings. The standard InChI is InChI=1S/C14H18BrN3O/c1-10(2)18-14(16-9-17-18)8-13(19)7-11-4-3-5-12(15)6-11/h3-6,9-10,13,19H,7-8H2,1-2H3. The van der Waals surface area contributed by atoms with E-state index >= 15 is 0 Å². The molecule has 2 rings (SSSR count). The van der Waals surface area contributed by atoms with Crippen LogP contribution < -0.4 is 0 Å². The number of benzene rings is 1. The van der Waals surface area contributed by atoms with E-state index in [1.54, 1.807) is 6.33 Å². The molecule has 0 spiro atoms. The molecule has 1 aromatic heterocycles. The smallest absolute Gasteiger partial charge is 0.138 e. The Kier molecular flexibility index (Phi) is 4.71. The van der Waals surface area contributed by atoms with Crippen molar-refractivity contribution in [3.8, 4) is 0 Å². The minimum atomic E-state index is -0.448. The zero-order valence-corrected chi connectivity index (χ0v) is 12.7. The molecule has 102 valence electrons. The SMILES string of the molecule is CC(C)n1ncnc1CC(O)Cc1cccc(Br)c1. The van der Waals surface area contributed by atoms with Crippen LogP contribution in [0.1, 0.15) is 31.3 Å². The van der Waals surface area contributed by atoms with E-state index < -0.39 is 6.10 Å². The van der Waals surface area contributed by atoms with Crippen LogP contribution in [0.4, 0.5) is 0 Å². The van der Waals surface area contributed by atoms with E-state index in [9.17, 15) is 5.11 Å². The Labute approximate surface area is 121 Å². The highest BCUT2D eigenvalue weighted by atomic mass is 79.9. The third kappa shape index (κ3) is 3.88. The van der Waals surface area contributed by atoms with Crippen molar-refractivity contribution >= 4 is 15.9 Å². The van der Waals surface area contributed by atoms with E-state index in [-0.39, 0.29) is 6.04 Å². The molecule has 1 heterocycles. The Morgan fingerprint density at radius 2 is 2.11 bits per heavy atom. The Balaban J connectivity index is 2.01. The first-order valence-corrected chi connectivity index (χ1v) is 7.16. The summed E-state index contributed by atoms with van der Waals surface area (Å²) in [5, 5.41) is 14.4. The average Bonchev–Trinajstić information content (AvgIpc) is 2.76. The van der Waals surface area contributed by atoms with E-state index in [1.165, 1.54) is 0 Å². The summed E-state index contributed by atoms with van der Waals surface area (Å²) in [5.41, 5.74) is 1.11. The maximum Gasteiger partial charge on any atom is 0.138 e. The van der Waals surface area contributed by atoms with Crippen LogP contribution in [0.2, 0.25) is 0 Å². The Morgan fingerprint density at radius 3 is 2.79 bits per heavy atom. The van der Waals surface area contributed by atoms with Crippen molar-refractivity contribution in [3.63, 3.8) is 0 Å². The first kappa shape index (κ1) is 14.2. The number of hydrogen-bond acceptors (Lipinski definition) is 3. The summed E-state index contributed by atoms with van der Waals surface area (Å²) in [4.78, 5) is 4.22. The van der Waals surface area contributed by atoms with Crippen molar-refractivity contribution in [2.75, 3.05) is 0 Å². The highest BCUT2D eigenvalue weighted by molar-refractivity contribution is 9.10. The summed E-state index contributed by atoms with van der Waals surface area (Å²) >= 11 is 3.44. The molecule has 0 fully saturated rings. The van der Waals surface area contributed by atoms with Crippen LogP contribution in [-0.2, 0) is 12.8 Å². The fraction of sp³-hybridized carbons (Fsp3) is 0.429. The Hall–Kier alpha value is -1.20. The van der Waals surface area contributed by atoms with Gasteiger partial charge in [0.05, 0.1) is 6.10 Å². The van der Waals surface area contributed by atoms with Crippen LogP contribution in [-0.4, -0.2) is 26.0 Å². The van der Waals surface area contributed by atoms with Gasteiger partial charge in [0.2, 0.25) is 0 Å². The molecule has 4 nitrogen and oxygen atoms in total. The van der Waals surface area contributed by atoms with Crippen molar-refractivity contribution in [2.24, 2.45) is 0 Å². The quantitative estimate of drug-likeness (QED) is 0.920. The maximum atomic E-state index is 10.2. The molecular weight excluding hydrogens is 306 g/mol. The van der Waals surface area contributed by atoms with Gasteiger partial charge in [-0.3, -0.25) is 0 Å². The van der Waals surface area contributed by atoms with Gasteiger partial charge >= 0.3 is 0 Å². The molecule has 1 aromatic carbocycles. The van der Waals surface area contributed by atoms with Gasteiger partial charge in [-0.05, 0) is 38.0 Å². The Bertz CT molecular complexity index is 539. The number of nitrogens with zero attached hydrogens (tertiary/aromatic N) is 3. The zero-order valence-electron chi connectivity index (χ0n) is 11.1. The second-order valence-electron chi connectivity index (χ2n) is 4.91. The molecule has 0 amide bonds. The van der Waals surface area contributed by atoms with Crippen molar-refractivity contribution < 1.29 is 5.11 Å². The van der Waals surface area contributed by atoms with E-state index in [4.69, 9.17) is 0 Å². The molecule has 0 bridgehead atoms. The number of halogens is 1. The van der Waals surface area contributed by atoms with Gasteiger partial charge in [-0.15, -0.1) is 0 Å². The number of aliphatic hydroxyl groups is 1. The summed E-state index contributed by atoms with van der Waals surface area (Å²) in [6.07, 6.45) is 2.23. The third-order valence-corrected chi connectivity index (χ3v) is 3.41. The second kappa shape index (κ2) is 6.30. The largest absolute Gasteiger partial charge is 0.392 e. The first-order valence-electron chi connectivity index (χ1n) is 6.37. The van der Waals surface area contributed by atoms with Crippen LogP contribution >= 0.6 is 15.9 Å². The fourth-order valence-electron chi connectivity index (χ4n) is 2.07. The molecule has 0 aliphatic carbocycles. The highest BCUT2D eigenvalue weighted by Crippen LogP contribution is 2.15. The molecular formula is C14H18BrN3O. The second-order valence-corrected chi connectivity index (χ2v) is 5.82. The molecule has 0 radical (unpaired) electrons. The van der Waals surface area contributed by atoms with Gasteiger partial charge in [-0.1, -0.05) is 28.1 Å². The number of aromatic nitrogens is 3. The summed E-state index contributed by atoms with van der Waals surface area (Å²) in [7, 11) is 0. The van der Waals surface area contributed by atoms with Gasteiger partial charge in [0.15, 0.2) is 0 Å².